The average Bonchev–Trinajstić information content (AvgIpc) is 2.56. The molecule has 0 N–H and O–H groups in total. The first kappa shape index (κ1) is 13.4. The molecule has 0 spiro atoms. The minimum absolute atomic E-state index is 0.247. The van der Waals surface area contributed by atoms with Crippen LogP contribution >= 0.6 is 27.5 Å². The number of ether oxygens (including phenoxy) is 1. The summed E-state index contributed by atoms with van der Waals surface area (Å²) in [7, 11) is 1.79. The Morgan fingerprint density at radius 3 is 2.78 bits per heavy atom. The van der Waals surface area contributed by atoms with Crippen molar-refractivity contribution in [2.75, 3.05) is 0 Å². The second-order valence-corrected chi connectivity index (χ2v) is 5.07. The van der Waals surface area contributed by atoms with Crippen molar-refractivity contribution in [3.05, 3.63) is 44.9 Å². The highest BCUT2D eigenvalue weighted by molar-refractivity contribution is 9.10. The lowest BCUT2D eigenvalue weighted by atomic mass is 10.3. The summed E-state index contributed by atoms with van der Waals surface area (Å²) in [6.45, 7) is 2.07. The second kappa shape index (κ2) is 5.28. The van der Waals surface area contributed by atoms with Gasteiger partial charge in [-0.15, -0.1) is 0 Å². The zero-order valence-electron chi connectivity index (χ0n) is 9.88. The summed E-state index contributed by atoms with van der Waals surface area (Å²) in [5, 5.41) is 4.76. The molecule has 0 fully saturated rings. The van der Waals surface area contributed by atoms with E-state index in [0.29, 0.717) is 15.2 Å². The van der Waals surface area contributed by atoms with Crippen molar-refractivity contribution < 1.29 is 9.13 Å². The van der Waals surface area contributed by atoms with E-state index in [4.69, 9.17) is 16.3 Å². The molecule has 0 atom stereocenters. The summed E-state index contributed by atoms with van der Waals surface area (Å²) in [6.07, 6.45) is 0. The van der Waals surface area contributed by atoms with Crippen molar-refractivity contribution in [2.45, 2.75) is 13.5 Å². The normalized spacial score (nSPS) is 10.7. The van der Waals surface area contributed by atoms with Crippen LogP contribution in [-0.2, 0) is 13.7 Å². The van der Waals surface area contributed by atoms with Gasteiger partial charge in [0.25, 0.3) is 0 Å². The van der Waals surface area contributed by atoms with Crippen molar-refractivity contribution >= 4 is 27.5 Å². The third-order valence-corrected chi connectivity index (χ3v) is 3.66. The maximum Gasteiger partial charge on any atom is 0.141 e. The molecular formula is C12H11BrClFN2O. The van der Waals surface area contributed by atoms with Crippen molar-refractivity contribution in [3.63, 3.8) is 0 Å². The van der Waals surface area contributed by atoms with E-state index >= 15 is 0 Å². The first-order chi connectivity index (χ1) is 8.49. The molecule has 6 heteroatoms. The topological polar surface area (TPSA) is 27.1 Å². The lowest BCUT2D eigenvalue weighted by Gasteiger charge is -2.07. The summed E-state index contributed by atoms with van der Waals surface area (Å²) in [6, 6.07) is 4.60. The molecule has 0 saturated heterocycles. The lowest BCUT2D eigenvalue weighted by Crippen LogP contribution is -2.03. The fourth-order valence-corrected chi connectivity index (χ4v) is 2.02. The molecule has 0 aliphatic heterocycles. The Balaban J connectivity index is 2.14. The summed E-state index contributed by atoms with van der Waals surface area (Å²) in [5.74, 6) is 0.0883. The van der Waals surface area contributed by atoms with E-state index in [0.717, 1.165) is 11.4 Å². The van der Waals surface area contributed by atoms with Crippen LogP contribution in [0.2, 0.25) is 5.02 Å². The molecule has 0 unspecified atom stereocenters. The van der Waals surface area contributed by atoms with E-state index in [-0.39, 0.29) is 12.4 Å². The van der Waals surface area contributed by atoms with Crippen molar-refractivity contribution in [1.29, 1.82) is 0 Å². The van der Waals surface area contributed by atoms with Gasteiger partial charge in [-0.1, -0.05) is 11.6 Å². The van der Waals surface area contributed by atoms with E-state index in [1.54, 1.807) is 23.9 Å². The molecule has 1 aromatic heterocycles. The standard InChI is InChI=1S/C12H11BrClFN2O/c1-7-12(14)11(17(2)16-7)6-18-8-3-4-9(13)10(15)5-8/h3-5H,6H2,1-2H3. The Hall–Kier alpha value is -1.07. The molecule has 18 heavy (non-hydrogen) atoms. The largest absolute Gasteiger partial charge is 0.487 e. The molecular weight excluding hydrogens is 322 g/mol. The van der Waals surface area contributed by atoms with Crippen LogP contribution in [0.4, 0.5) is 4.39 Å². The summed E-state index contributed by atoms with van der Waals surface area (Å²) < 4.78 is 20.9. The van der Waals surface area contributed by atoms with E-state index < -0.39 is 0 Å². The number of hydrogen-bond acceptors (Lipinski definition) is 2. The van der Waals surface area contributed by atoms with Crippen LogP contribution in [0.1, 0.15) is 11.4 Å². The predicted molar refractivity (Wildman–Crippen MR) is 71.4 cm³/mol. The molecule has 1 aromatic carbocycles. The van der Waals surface area contributed by atoms with Gasteiger partial charge >= 0.3 is 0 Å². The summed E-state index contributed by atoms with van der Waals surface area (Å²) >= 11 is 9.18. The average molecular weight is 334 g/mol. The second-order valence-electron chi connectivity index (χ2n) is 3.83. The van der Waals surface area contributed by atoms with Crippen LogP contribution in [0.3, 0.4) is 0 Å². The molecule has 0 aliphatic rings. The highest BCUT2D eigenvalue weighted by Gasteiger charge is 2.11. The molecule has 0 saturated carbocycles. The third-order valence-electron chi connectivity index (χ3n) is 2.53. The van der Waals surface area contributed by atoms with Gasteiger partial charge in [0.2, 0.25) is 0 Å². The maximum absolute atomic E-state index is 13.3. The number of nitrogens with zero attached hydrogens (tertiary/aromatic N) is 2. The van der Waals surface area contributed by atoms with Crippen LogP contribution in [0.25, 0.3) is 0 Å². The predicted octanol–water partition coefficient (Wildman–Crippen LogP) is 3.86. The Morgan fingerprint density at radius 2 is 2.22 bits per heavy atom. The van der Waals surface area contributed by atoms with E-state index in [1.165, 1.54) is 6.07 Å². The number of aryl methyl sites for hydroxylation is 2. The van der Waals surface area contributed by atoms with Gasteiger partial charge in [0, 0.05) is 13.1 Å². The molecule has 2 rings (SSSR count). The Kier molecular flexibility index (Phi) is 3.92. The third kappa shape index (κ3) is 2.67. The van der Waals surface area contributed by atoms with Crippen molar-refractivity contribution in [1.82, 2.24) is 9.78 Å². The lowest BCUT2D eigenvalue weighted by molar-refractivity contribution is 0.293. The quantitative estimate of drug-likeness (QED) is 0.853. The molecule has 96 valence electrons. The Morgan fingerprint density at radius 1 is 1.50 bits per heavy atom. The molecule has 2 aromatic rings. The zero-order chi connectivity index (χ0) is 13.3. The number of hydrogen-bond donors (Lipinski definition) is 0. The highest BCUT2D eigenvalue weighted by Crippen LogP contribution is 2.24. The van der Waals surface area contributed by atoms with Gasteiger partial charge in [0.15, 0.2) is 0 Å². The van der Waals surface area contributed by atoms with Gasteiger partial charge < -0.3 is 4.74 Å². The summed E-state index contributed by atoms with van der Waals surface area (Å²) in [5.41, 5.74) is 1.51. The molecule has 0 radical (unpaired) electrons. The van der Waals surface area contributed by atoms with E-state index in [9.17, 15) is 4.39 Å². The van der Waals surface area contributed by atoms with E-state index in [2.05, 4.69) is 21.0 Å². The van der Waals surface area contributed by atoms with Crippen LogP contribution in [-0.4, -0.2) is 9.78 Å². The van der Waals surface area contributed by atoms with Crippen LogP contribution in [0.15, 0.2) is 22.7 Å². The number of halogens is 3. The molecule has 3 nitrogen and oxygen atoms in total. The fourth-order valence-electron chi connectivity index (χ4n) is 1.56. The van der Waals surface area contributed by atoms with Crippen LogP contribution in [0.5, 0.6) is 5.75 Å². The first-order valence-electron chi connectivity index (χ1n) is 5.25. The smallest absolute Gasteiger partial charge is 0.141 e. The Bertz CT molecular complexity index is 586. The van der Waals surface area contributed by atoms with Gasteiger partial charge in [-0.25, -0.2) is 4.39 Å². The number of benzene rings is 1. The monoisotopic (exact) mass is 332 g/mol. The molecule has 1 heterocycles. The summed E-state index contributed by atoms with van der Waals surface area (Å²) in [4.78, 5) is 0. The molecule has 0 bridgehead atoms. The van der Waals surface area contributed by atoms with Crippen LogP contribution < -0.4 is 4.74 Å². The fraction of sp³-hybridized carbons (Fsp3) is 0.250. The maximum atomic E-state index is 13.3. The SMILES string of the molecule is Cc1nn(C)c(COc2ccc(Br)c(F)c2)c1Cl. The van der Waals surface area contributed by atoms with Gasteiger partial charge in [-0.2, -0.15) is 5.10 Å². The Labute approximate surface area is 118 Å². The van der Waals surface area contributed by atoms with Gasteiger partial charge in [0.05, 0.1) is 20.9 Å². The van der Waals surface area contributed by atoms with Crippen LogP contribution in [0, 0.1) is 12.7 Å². The van der Waals surface area contributed by atoms with Crippen molar-refractivity contribution in [2.24, 2.45) is 7.05 Å². The van der Waals surface area contributed by atoms with E-state index in [1.807, 2.05) is 6.92 Å². The number of rotatable bonds is 3. The van der Waals surface area contributed by atoms with Crippen molar-refractivity contribution in [3.8, 4) is 5.75 Å². The molecule has 0 aliphatic carbocycles. The first-order valence-corrected chi connectivity index (χ1v) is 6.42. The molecule has 0 amide bonds. The highest BCUT2D eigenvalue weighted by atomic mass is 79.9. The minimum Gasteiger partial charge on any atom is -0.487 e. The minimum atomic E-state index is -0.361. The van der Waals surface area contributed by atoms with Gasteiger partial charge in [-0.05, 0) is 35.0 Å². The van der Waals surface area contributed by atoms with Gasteiger partial charge in [-0.3, -0.25) is 4.68 Å². The number of aromatic nitrogens is 2. The zero-order valence-corrected chi connectivity index (χ0v) is 12.2. The van der Waals surface area contributed by atoms with Gasteiger partial charge in [0.1, 0.15) is 18.2 Å².